The molecule has 38 heavy (non-hydrogen) atoms. The van der Waals surface area contributed by atoms with Gasteiger partial charge in [0, 0.05) is 30.6 Å². The number of rotatable bonds is 5. The van der Waals surface area contributed by atoms with Crippen LogP contribution in [0.4, 0.5) is 17.6 Å². The zero-order chi connectivity index (χ0) is 27.6. The third-order valence-corrected chi connectivity index (χ3v) is 6.61. The molecule has 0 fully saturated rings. The van der Waals surface area contributed by atoms with Gasteiger partial charge in [-0.05, 0) is 42.0 Å². The summed E-state index contributed by atoms with van der Waals surface area (Å²) in [5.74, 6) is -3.66. The molecule has 0 bridgehead atoms. The molecule has 0 spiro atoms. The van der Waals surface area contributed by atoms with Crippen molar-refractivity contribution < 1.29 is 32.9 Å². The molecule has 0 aliphatic carbocycles. The van der Waals surface area contributed by atoms with Gasteiger partial charge in [-0.3, -0.25) is 9.36 Å². The van der Waals surface area contributed by atoms with Crippen molar-refractivity contribution in [1.82, 2.24) is 24.3 Å². The van der Waals surface area contributed by atoms with Crippen LogP contribution in [0.3, 0.4) is 0 Å². The summed E-state index contributed by atoms with van der Waals surface area (Å²) in [6.45, 7) is 1.39. The van der Waals surface area contributed by atoms with Crippen molar-refractivity contribution in [3.05, 3.63) is 88.0 Å². The van der Waals surface area contributed by atoms with E-state index in [1.807, 2.05) is 0 Å². The van der Waals surface area contributed by atoms with E-state index in [1.54, 1.807) is 0 Å². The Balaban J connectivity index is 1.73. The highest BCUT2D eigenvalue weighted by molar-refractivity contribution is 5.83. The van der Waals surface area contributed by atoms with Crippen LogP contribution in [-0.2, 0) is 18.4 Å². The van der Waals surface area contributed by atoms with Crippen LogP contribution >= 0.6 is 0 Å². The van der Waals surface area contributed by atoms with Gasteiger partial charge >= 0.3 is 6.18 Å². The maximum Gasteiger partial charge on any atom is 0.425 e. The Morgan fingerprint density at radius 3 is 2.37 bits per heavy atom. The van der Waals surface area contributed by atoms with E-state index in [9.17, 15) is 37.7 Å². The molecule has 13 heteroatoms. The maximum atomic E-state index is 14.6. The minimum atomic E-state index is -5.29. The molecular formula is C25H21F4N5O4. The second-order valence-corrected chi connectivity index (χ2v) is 8.91. The summed E-state index contributed by atoms with van der Waals surface area (Å²) < 4.78 is 59.5. The van der Waals surface area contributed by atoms with Gasteiger partial charge in [0.1, 0.15) is 16.9 Å². The summed E-state index contributed by atoms with van der Waals surface area (Å²) in [5.41, 5.74) is -5.95. The standard InChI is InChI=1S/C25H21F4N5O4/c1-3-23(36,37)22-32-19-17(12-30-20(19)21(35)33(22)2)24(38,25(27,28)29)14-4-9-18-13(10-14)11-31-34(18)16-7-5-15(26)6-8-16/h4-12,30,36-38H,3H2,1-2H3. The first-order valence-corrected chi connectivity index (χ1v) is 11.4. The van der Waals surface area contributed by atoms with Gasteiger partial charge in [0.25, 0.3) is 5.56 Å². The quantitative estimate of drug-likeness (QED) is 0.204. The SMILES string of the molecule is CCC(O)(O)c1nc2c(C(O)(c3ccc4c(cnn4-c4ccc(F)cc4)c3)C(F)(F)F)c[nH]c2c(=O)n1C. The zero-order valence-electron chi connectivity index (χ0n) is 20.0. The lowest BCUT2D eigenvalue weighted by atomic mass is 9.86. The molecule has 0 radical (unpaired) electrons. The topological polar surface area (TPSA) is 129 Å². The fourth-order valence-corrected chi connectivity index (χ4v) is 4.45. The van der Waals surface area contributed by atoms with Crippen molar-refractivity contribution in [3.8, 4) is 5.69 Å². The first-order valence-electron chi connectivity index (χ1n) is 11.4. The number of alkyl halides is 3. The molecule has 0 aliphatic heterocycles. The van der Waals surface area contributed by atoms with Crippen LogP contribution in [0.25, 0.3) is 27.6 Å². The predicted molar refractivity (Wildman–Crippen MR) is 128 cm³/mol. The Bertz CT molecular complexity index is 1740. The molecule has 0 amide bonds. The van der Waals surface area contributed by atoms with Crippen LogP contribution in [0.2, 0.25) is 0 Å². The number of halogens is 4. The van der Waals surface area contributed by atoms with E-state index in [2.05, 4.69) is 15.1 Å². The molecule has 0 saturated carbocycles. The summed E-state index contributed by atoms with van der Waals surface area (Å²) in [6.07, 6.45) is -3.47. The number of aromatic nitrogens is 5. The van der Waals surface area contributed by atoms with Crippen LogP contribution < -0.4 is 5.56 Å². The molecule has 5 aromatic rings. The molecule has 2 aromatic carbocycles. The molecule has 0 aliphatic rings. The van der Waals surface area contributed by atoms with E-state index in [0.29, 0.717) is 11.2 Å². The summed E-state index contributed by atoms with van der Waals surface area (Å²) in [6, 6.07) is 8.83. The molecule has 1 atom stereocenters. The predicted octanol–water partition coefficient (Wildman–Crippen LogP) is 3.09. The molecule has 3 aromatic heterocycles. The van der Waals surface area contributed by atoms with Crippen LogP contribution in [0, 0.1) is 5.82 Å². The summed E-state index contributed by atoms with van der Waals surface area (Å²) >= 11 is 0. The number of fused-ring (bicyclic) bond motifs is 2. The average Bonchev–Trinajstić information content (AvgIpc) is 3.50. The van der Waals surface area contributed by atoms with Crippen molar-refractivity contribution in [2.75, 3.05) is 0 Å². The van der Waals surface area contributed by atoms with Gasteiger partial charge in [-0.25, -0.2) is 14.1 Å². The van der Waals surface area contributed by atoms with Crippen molar-refractivity contribution in [2.24, 2.45) is 7.05 Å². The average molecular weight is 531 g/mol. The fourth-order valence-electron chi connectivity index (χ4n) is 4.45. The first-order chi connectivity index (χ1) is 17.8. The number of benzene rings is 2. The number of aromatic amines is 1. The lowest BCUT2D eigenvalue weighted by Gasteiger charge is -2.31. The number of aliphatic hydroxyl groups is 3. The first kappa shape index (κ1) is 25.6. The van der Waals surface area contributed by atoms with E-state index in [0.717, 1.165) is 22.9 Å². The summed E-state index contributed by atoms with van der Waals surface area (Å²) in [7, 11) is 1.20. The lowest BCUT2D eigenvalue weighted by Crippen LogP contribution is -2.43. The number of hydrogen-bond acceptors (Lipinski definition) is 6. The molecule has 198 valence electrons. The fraction of sp³-hybridized carbons (Fsp3) is 0.240. The number of H-pyrrole nitrogens is 1. The number of hydrogen-bond donors (Lipinski definition) is 4. The number of nitrogens with zero attached hydrogens (tertiary/aromatic N) is 4. The third kappa shape index (κ3) is 3.69. The van der Waals surface area contributed by atoms with E-state index < -0.39 is 51.4 Å². The Kier molecular flexibility index (Phi) is 5.71. The second kappa shape index (κ2) is 8.48. The van der Waals surface area contributed by atoms with Crippen LogP contribution in [0.15, 0.2) is 59.7 Å². The van der Waals surface area contributed by atoms with Crippen LogP contribution in [-0.4, -0.2) is 45.8 Å². The van der Waals surface area contributed by atoms with E-state index in [1.165, 1.54) is 55.2 Å². The Morgan fingerprint density at radius 1 is 1.05 bits per heavy atom. The second-order valence-electron chi connectivity index (χ2n) is 8.91. The smallest absolute Gasteiger partial charge is 0.372 e. The van der Waals surface area contributed by atoms with Gasteiger partial charge < -0.3 is 20.3 Å². The molecule has 3 heterocycles. The monoisotopic (exact) mass is 531 g/mol. The minimum absolute atomic E-state index is 0.245. The molecule has 4 N–H and O–H groups in total. The highest BCUT2D eigenvalue weighted by Gasteiger charge is 2.58. The van der Waals surface area contributed by atoms with Gasteiger partial charge in [-0.1, -0.05) is 13.0 Å². The van der Waals surface area contributed by atoms with Gasteiger partial charge in [-0.15, -0.1) is 0 Å². The normalized spacial score (nSPS) is 14.3. The van der Waals surface area contributed by atoms with Gasteiger partial charge in [-0.2, -0.15) is 18.3 Å². The van der Waals surface area contributed by atoms with Crippen LogP contribution in [0.5, 0.6) is 0 Å². The van der Waals surface area contributed by atoms with Gasteiger partial charge in [0.15, 0.2) is 5.82 Å². The Hall–Kier alpha value is -4.07. The molecule has 0 saturated heterocycles. The van der Waals surface area contributed by atoms with Gasteiger partial charge in [0.05, 0.1) is 17.4 Å². The van der Waals surface area contributed by atoms with Crippen molar-refractivity contribution in [1.29, 1.82) is 0 Å². The molecule has 1 unspecified atom stereocenters. The van der Waals surface area contributed by atoms with E-state index in [-0.39, 0.29) is 17.3 Å². The van der Waals surface area contributed by atoms with Crippen molar-refractivity contribution >= 4 is 21.9 Å². The maximum absolute atomic E-state index is 14.6. The molecule has 5 rings (SSSR count). The van der Waals surface area contributed by atoms with E-state index in [4.69, 9.17) is 0 Å². The largest absolute Gasteiger partial charge is 0.425 e. The Labute approximate surface area is 211 Å². The lowest BCUT2D eigenvalue weighted by molar-refractivity contribution is -0.247. The van der Waals surface area contributed by atoms with E-state index >= 15 is 0 Å². The van der Waals surface area contributed by atoms with Crippen LogP contribution in [0.1, 0.15) is 30.3 Å². The number of nitrogens with one attached hydrogen (secondary N) is 1. The van der Waals surface area contributed by atoms with Gasteiger partial charge in [0.2, 0.25) is 11.4 Å². The minimum Gasteiger partial charge on any atom is -0.372 e. The highest BCUT2D eigenvalue weighted by Crippen LogP contribution is 2.46. The highest BCUT2D eigenvalue weighted by atomic mass is 19.4. The van der Waals surface area contributed by atoms with Crippen molar-refractivity contribution in [3.63, 3.8) is 0 Å². The third-order valence-electron chi connectivity index (χ3n) is 6.61. The zero-order valence-corrected chi connectivity index (χ0v) is 20.0. The molecule has 9 nitrogen and oxygen atoms in total. The van der Waals surface area contributed by atoms with Crippen molar-refractivity contribution in [2.45, 2.75) is 30.9 Å². The Morgan fingerprint density at radius 2 is 1.74 bits per heavy atom. The molecular weight excluding hydrogens is 510 g/mol. The summed E-state index contributed by atoms with van der Waals surface area (Å²) in [4.78, 5) is 19.3. The summed E-state index contributed by atoms with van der Waals surface area (Å²) in [5, 5.41) is 36.3.